The number of aliphatic hydroxyl groups is 1. The summed E-state index contributed by atoms with van der Waals surface area (Å²) in [6.07, 6.45) is 1.07. The lowest BCUT2D eigenvalue weighted by molar-refractivity contribution is -0.142. The van der Waals surface area contributed by atoms with Gasteiger partial charge in [0, 0.05) is 20.0 Å². The number of aromatic nitrogens is 3. The van der Waals surface area contributed by atoms with Gasteiger partial charge in [-0.1, -0.05) is 5.21 Å². The highest BCUT2D eigenvalue weighted by atomic mass is 16.3. The second kappa shape index (κ2) is 4.50. The molecule has 8 heteroatoms. The van der Waals surface area contributed by atoms with E-state index in [2.05, 4.69) is 15.6 Å². The number of nitrogens with zero attached hydrogens (tertiary/aromatic N) is 4. The topological polar surface area (TPSA) is 100 Å². The van der Waals surface area contributed by atoms with Gasteiger partial charge in [-0.05, 0) is 0 Å². The first-order chi connectivity index (χ1) is 8.04. The lowest BCUT2D eigenvalue weighted by Gasteiger charge is -2.35. The summed E-state index contributed by atoms with van der Waals surface area (Å²) in [7, 11) is 0. The molecule has 17 heavy (non-hydrogen) atoms. The van der Waals surface area contributed by atoms with Gasteiger partial charge in [0.15, 0.2) is 5.82 Å². The molecule has 0 atom stereocenters. The molecule has 0 unspecified atom stereocenters. The molecule has 0 bridgehead atoms. The minimum atomic E-state index is -0.412. The van der Waals surface area contributed by atoms with Crippen molar-refractivity contribution in [3.05, 3.63) is 6.20 Å². The van der Waals surface area contributed by atoms with Gasteiger partial charge in [0.2, 0.25) is 11.8 Å². The summed E-state index contributed by atoms with van der Waals surface area (Å²) in [5, 5.41) is 18.9. The van der Waals surface area contributed by atoms with E-state index in [1.54, 1.807) is 0 Å². The van der Waals surface area contributed by atoms with Crippen molar-refractivity contribution in [2.45, 2.75) is 19.6 Å². The van der Waals surface area contributed by atoms with Crippen molar-refractivity contribution in [1.82, 2.24) is 19.9 Å². The second-order valence-electron chi connectivity index (χ2n) is 3.94. The summed E-state index contributed by atoms with van der Waals surface area (Å²) in [6.45, 7) is 2.16. The van der Waals surface area contributed by atoms with E-state index in [0.717, 1.165) is 0 Å². The van der Waals surface area contributed by atoms with Gasteiger partial charge in [-0.15, -0.1) is 5.10 Å². The molecule has 2 N–H and O–H groups in total. The van der Waals surface area contributed by atoms with Crippen molar-refractivity contribution < 1.29 is 14.7 Å². The quantitative estimate of drug-likeness (QED) is 0.664. The van der Waals surface area contributed by atoms with Crippen molar-refractivity contribution >= 4 is 17.6 Å². The summed E-state index contributed by atoms with van der Waals surface area (Å²) in [6, 6.07) is 0. The Morgan fingerprint density at radius 2 is 2.29 bits per heavy atom. The first-order valence-corrected chi connectivity index (χ1v) is 5.18. The molecule has 1 saturated heterocycles. The lowest BCUT2D eigenvalue weighted by atomic mass is 10.2. The molecule has 1 aliphatic heterocycles. The van der Waals surface area contributed by atoms with Crippen LogP contribution < -0.4 is 5.32 Å². The van der Waals surface area contributed by atoms with Gasteiger partial charge in [-0.25, -0.2) is 4.68 Å². The van der Waals surface area contributed by atoms with Crippen LogP contribution in [0.4, 0.5) is 5.82 Å². The van der Waals surface area contributed by atoms with Crippen LogP contribution in [0, 0.1) is 0 Å². The van der Waals surface area contributed by atoms with Gasteiger partial charge in [-0.3, -0.25) is 9.59 Å². The van der Waals surface area contributed by atoms with Crippen LogP contribution >= 0.6 is 0 Å². The maximum Gasteiger partial charge on any atom is 0.244 e. The Bertz CT molecular complexity index is 438. The fourth-order valence-electron chi connectivity index (χ4n) is 1.51. The number of nitrogens with one attached hydrogen (secondary N) is 1. The van der Waals surface area contributed by atoms with Crippen molar-refractivity contribution in [3.8, 4) is 0 Å². The Hall–Kier alpha value is -1.96. The number of amides is 2. The van der Waals surface area contributed by atoms with Gasteiger partial charge in [0.05, 0.1) is 12.3 Å². The molecule has 92 valence electrons. The molecule has 0 saturated carbocycles. The Balaban J connectivity index is 1.88. The molecule has 2 rings (SSSR count). The summed E-state index contributed by atoms with van der Waals surface area (Å²) < 4.78 is 1.35. The number of hydrogen-bond donors (Lipinski definition) is 2. The number of aliphatic hydroxyl groups excluding tert-OH is 1. The number of anilines is 1. The third-order valence-electron chi connectivity index (χ3n) is 2.35. The predicted molar refractivity (Wildman–Crippen MR) is 56.9 cm³/mol. The van der Waals surface area contributed by atoms with Crippen LogP contribution in [0.25, 0.3) is 0 Å². The Morgan fingerprint density at radius 1 is 1.59 bits per heavy atom. The molecule has 1 aromatic rings. The molecule has 8 nitrogen and oxygen atoms in total. The van der Waals surface area contributed by atoms with Crippen LogP contribution in [0.15, 0.2) is 6.20 Å². The molecule has 1 aromatic heterocycles. The Kier molecular flexibility index (Phi) is 3.05. The van der Waals surface area contributed by atoms with Gasteiger partial charge in [0.1, 0.15) is 6.54 Å². The van der Waals surface area contributed by atoms with E-state index >= 15 is 0 Å². The molecule has 1 aliphatic rings. The fraction of sp³-hybridized carbons (Fsp3) is 0.556. The molecule has 0 spiro atoms. The summed E-state index contributed by atoms with van der Waals surface area (Å²) in [5.41, 5.74) is 0. The molecular formula is C9H13N5O3. The van der Waals surface area contributed by atoms with E-state index in [1.165, 1.54) is 22.7 Å². The molecular weight excluding hydrogens is 226 g/mol. The molecule has 0 aliphatic carbocycles. The normalized spacial score (nSPS) is 15.5. The van der Waals surface area contributed by atoms with Crippen molar-refractivity contribution in [1.29, 1.82) is 0 Å². The van der Waals surface area contributed by atoms with Crippen molar-refractivity contribution in [3.63, 3.8) is 0 Å². The predicted octanol–water partition coefficient (Wildman–Crippen LogP) is -1.56. The van der Waals surface area contributed by atoms with Gasteiger partial charge >= 0.3 is 0 Å². The maximum absolute atomic E-state index is 11.6. The monoisotopic (exact) mass is 239 g/mol. The van der Waals surface area contributed by atoms with E-state index in [9.17, 15) is 9.59 Å². The maximum atomic E-state index is 11.6. The van der Waals surface area contributed by atoms with Crippen LogP contribution in [0.5, 0.6) is 0 Å². The van der Waals surface area contributed by atoms with Crippen LogP contribution in [0.3, 0.4) is 0 Å². The average molecular weight is 239 g/mol. The van der Waals surface area contributed by atoms with Crippen LogP contribution in [-0.2, 0) is 16.1 Å². The molecule has 0 aromatic carbocycles. The minimum Gasteiger partial charge on any atom is -0.389 e. The number of hydrogen-bond acceptors (Lipinski definition) is 5. The summed E-state index contributed by atoms with van der Waals surface area (Å²) >= 11 is 0. The SMILES string of the molecule is CC(=O)Nc1cn(CC(=O)N2CC(O)C2)nn1. The number of carbonyl (C=O) groups excluding carboxylic acids is 2. The smallest absolute Gasteiger partial charge is 0.244 e. The zero-order valence-corrected chi connectivity index (χ0v) is 9.33. The van der Waals surface area contributed by atoms with Crippen LogP contribution in [0.1, 0.15) is 6.92 Å². The first kappa shape index (κ1) is 11.5. The average Bonchev–Trinajstić information content (AvgIpc) is 2.59. The second-order valence-corrected chi connectivity index (χ2v) is 3.94. The van der Waals surface area contributed by atoms with Gasteiger partial charge < -0.3 is 15.3 Å². The van der Waals surface area contributed by atoms with Gasteiger partial charge in [-0.2, -0.15) is 0 Å². The third kappa shape index (κ3) is 2.78. The van der Waals surface area contributed by atoms with E-state index in [4.69, 9.17) is 5.11 Å². The highest BCUT2D eigenvalue weighted by molar-refractivity contribution is 5.87. The molecule has 1 fully saturated rings. The van der Waals surface area contributed by atoms with Crippen molar-refractivity contribution in [2.24, 2.45) is 0 Å². The number of carbonyl (C=O) groups is 2. The van der Waals surface area contributed by atoms with Crippen LogP contribution in [-0.4, -0.2) is 56.0 Å². The first-order valence-electron chi connectivity index (χ1n) is 5.18. The summed E-state index contributed by atoms with van der Waals surface area (Å²) in [5.74, 6) is -0.0576. The highest BCUT2D eigenvalue weighted by Gasteiger charge is 2.28. The van der Waals surface area contributed by atoms with Gasteiger partial charge in [0.25, 0.3) is 0 Å². The number of likely N-dealkylation sites (tertiary alicyclic amines) is 1. The van der Waals surface area contributed by atoms with Crippen molar-refractivity contribution in [2.75, 3.05) is 18.4 Å². The van der Waals surface area contributed by atoms with Crippen LogP contribution in [0.2, 0.25) is 0 Å². The Labute approximate surface area is 97.2 Å². The molecule has 2 amide bonds. The fourth-order valence-corrected chi connectivity index (χ4v) is 1.51. The minimum absolute atomic E-state index is 0.0549. The summed E-state index contributed by atoms with van der Waals surface area (Å²) in [4.78, 5) is 23.9. The Morgan fingerprint density at radius 3 is 2.88 bits per heavy atom. The molecule has 2 heterocycles. The highest BCUT2D eigenvalue weighted by Crippen LogP contribution is 2.08. The zero-order chi connectivity index (χ0) is 12.4. The molecule has 0 radical (unpaired) electrons. The third-order valence-corrected chi connectivity index (χ3v) is 2.35. The largest absolute Gasteiger partial charge is 0.389 e. The van der Waals surface area contributed by atoms with E-state index in [1.807, 2.05) is 0 Å². The standard InChI is InChI=1S/C9H13N5O3/c1-6(15)10-8-4-14(12-11-8)5-9(17)13-2-7(16)3-13/h4,7,16H,2-3,5H2,1H3,(H,10,15). The lowest BCUT2D eigenvalue weighted by Crippen LogP contribution is -2.54. The zero-order valence-electron chi connectivity index (χ0n) is 9.33. The van der Waals surface area contributed by atoms with E-state index in [0.29, 0.717) is 18.9 Å². The van der Waals surface area contributed by atoms with E-state index in [-0.39, 0.29) is 18.4 Å². The number of rotatable bonds is 3. The number of β-amino-alcohol motifs (C(OH)–C–C–N with tert-alkyl or cyclic N) is 1. The van der Waals surface area contributed by atoms with E-state index < -0.39 is 6.10 Å².